The molecule has 0 aliphatic heterocycles. The molecular formula is C8H5FN2O2S. The summed E-state index contributed by atoms with van der Waals surface area (Å²) in [6.45, 7) is 0. The van der Waals surface area contributed by atoms with E-state index in [1.165, 1.54) is 23.5 Å². The Bertz CT molecular complexity index is 497. The molecule has 0 fully saturated rings. The Morgan fingerprint density at radius 2 is 2.36 bits per heavy atom. The van der Waals surface area contributed by atoms with E-state index in [0.29, 0.717) is 10.6 Å². The van der Waals surface area contributed by atoms with Gasteiger partial charge in [0.15, 0.2) is 5.13 Å². The van der Waals surface area contributed by atoms with Crippen molar-refractivity contribution >= 4 is 32.7 Å². The standard InChI is InChI=1S/C8H5FN2O2S/c9-13-7(12)4-1-2-5-6(3-4)14-8(10)11-5/h1-3H,(H2,10,11). The van der Waals surface area contributed by atoms with E-state index in [1.807, 2.05) is 0 Å². The van der Waals surface area contributed by atoms with Crippen LogP contribution in [-0.4, -0.2) is 11.0 Å². The highest BCUT2D eigenvalue weighted by Gasteiger charge is 2.09. The van der Waals surface area contributed by atoms with Gasteiger partial charge in [0.2, 0.25) is 0 Å². The van der Waals surface area contributed by atoms with Crippen LogP contribution in [0.2, 0.25) is 0 Å². The molecule has 1 heterocycles. The van der Waals surface area contributed by atoms with Crippen LogP contribution in [0, 0.1) is 0 Å². The lowest BCUT2D eigenvalue weighted by Gasteiger charge is -1.93. The van der Waals surface area contributed by atoms with Crippen LogP contribution in [0.15, 0.2) is 18.2 Å². The second-order valence-electron chi connectivity index (χ2n) is 2.60. The quantitative estimate of drug-likeness (QED) is 0.784. The number of thiazole rings is 1. The van der Waals surface area contributed by atoms with Gasteiger partial charge in [-0.05, 0) is 18.2 Å². The summed E-state index contributed by atoms with van der Waals surface area (Å²) in [5.74, 6) is -1.01. The number of anilines is 1. The molecule has 4 nitrogen and oxygen atoms in total. The first-order valence-corrected chi connectivity index (χ1v) is 4.51. The highest BCUT2D eigenvalue weighted by Crippen LogP contribution is 2.24. The molecule has 1 aromatic heterocycles. The number of nitrogens with zero attached hydrogens (tertiary/aromatic N) is 1. The molecule has 0 aliphatic carbocycles. The van der Waals surface area contributed by atoms with Gasteiger partial charge in [0.25, 0.3) is 0 Å². The SMILES string of the molecule is Nc1nc2ccc(C(=O)OF)cc2s1. The molecule has 0 bridgehead atoms. The van der Waals surface area contributed by atoms with E-state index in [-0.39, 0.29) is 5.56 Å². The highest BCUT2D eigenvalue weighted by molar-refractivity contribution is 7.22. The third-order valence-corrected chi connectivity index (χ3v) is 2.56. The van der Waals surface area contributed by atoms with Crippen LogP contribution < -0.4 is 5.73 Å². The smallest absolute Gasteiger partial charge is 0.375 e. The molecule has 72 valence electrons. The topological polar surface area (TPSA) is 65.2 Å². The number of hydrogen-bond donors (Lipinski definition) is 1. The molecule has 0 unspecified atom stereocenters. The summed E-state index contributed by atoms with van der Waals surface area (Å²) in [5.41, 5.74) is 6.29. The molecule has 0 saturated heterocycles. The molecule has 0 aliphatic rings. The average molecular weight is 212 g/mol. The minimum Gasteiger partial charge on any atom is -0.375 e. The molecule has 2 N–H and O–H groups in total. The summed E-state index contributed by atoms with van der Waals surface area (Å²) >= 11 is 1.23. The summed E-state index contributed by atoms with van der Waals surface area (Å²) in [7, 11) is 0. The summed E-state index contributed by atoms with van der Waals surface area (Å²) in [4.78, 5) is 17.9. The van der Waals surface area contributed by atoms with E-state index >= 15 is 0 Å². The number of carbonyl (C=O) groups is 1. The summed E-state index contributed by atoms with van der Waals surface area (Å²) in [6, 6.07) is 4.52. The molecule has 0 spiro atoms. The summed E-state index contributed by atoms with van der Waals surface area (Å²) < 4.78 is 12.3. The number of benzene rings is 1. The van der Waals surface area contributed by atoms with Crippen molar-refractivity contribution in [1.29, 1.82) is 0 Å². The third-order valence-electron chi connectivity index (χ3n) is 1.71. The van der Waals surface area contributed by atoms with Gasteiger partial charge in [0.05, 0.1) is 15.8 Å². The summed E-state index contributed by atoms with van der Waals surface area (Å²) in [6.07, 6.45) is 0. The van der Waals surface area contributed by atoms with Crippen molar-refractivity contribution in [3.05, 3.63) is 23.8 Å². The predicted octanol–water partition coefficient (Wildman–Crippen LogP) is 1.92. The number of fused-ring (bicyclic) bond motifs is 1. The van der Waals surface area contributed by atoms with E-state index in [2.05, 4.69) is 9.93 Å². The molecule has 6 heteroatoms. The number of nitrogen functional groups attached to an aromatic ring is 1. The number of nitrogens with two attached hydrogens (primary N) is 1. The van der Waals surface area contributed by atoms with Gasteiger partial charge in [-0.1, -0.05) is 11.3 Å². The fraction of sp³-hybridized carbons (Fsp3) is 0. The first kappa shape index (κ1) is 8.89. The van der Waals surface area contributed by atoms with Crippen molar-refractivity contribution in [3.63, 3.8) is 0 Å². The van der Waals surface area contributed by atoms with Crippen LogP contribution in [0.25, 0.3) is 10.2 Å². The van der Waals surface area contributed by atoms with E-state index < -0.39 is 5.97 Å². The Balaban J connectivity index is 2.55. The number of hydrogen-bond acceptors (Lipinski definition) is 5. The van der Waals surface area contributed by atoms with Crippen LogP contribution in [0.1, 0.15) is 10.4 Å². The maximum atomic E-state index is 11.6. The molecule has 1 aromatic carbocycles. The molecular weight excluding hydrogens is 207 g/mol. The second kappa shape index (κ2) is 3.22. The lowest BCUT2D eigenvalue weighted by atomic mass is 10.2. The van der Waals surface area contributed by atoms with E-state index in [1.54, 1.807) is 6.07 Å². The first-order chi connectivity index (χ1) is 6.70. The molecule has 14 heavy (non-hydrogen) atoms. The lowest BCUT2D eigenvalue weighted by Crippen LogP contribution is -1.97. The fourth-order valence-corrected chi connectivity index (χ4v) is 1.89. The van der Waals surface area contributed by atoms with Crippen molar-refractivity contribution in [2.75, 3.05) is 5.73 Å². The Morgan fingerprint density at radius 3 is 3.07 bits per heavy atom. The van der Waals surface area contributed by atoms with Crippen molar-refractivity contribution in [1.82, 2.24) is 4.98 Å². The van der Waals surface area contributed by atoms with Gasteiger partial charge >= 0.3 is 5.97 Å². The van der Waals surface area contributed by atoms with Gasteiger partial charge in [-0.3, -0.25) is 0 Å². The van der Waals surface area contributed by atoms with Crippen LogP contribution in [0.5, 0.6) is 0 Å². The molecule has 2 aromatic rings. The monoisotopic (exact) mass is 212 g/mol. The van der Waals surface area contributed by atoms with Crippen LogP contribution >= 0.6 is 11.3 Å². The Morgan fingerprint density at radius 1 is 1.57 bits per heavy atom. The zero-order valence-corrected chi connectivity index (χ0v) is 7.68. The zero-order valence-electron chi connectivity index (χ0n) is 6.86. The van der Waals surface area contributed by atoms with E-state index in [4.69, 9.17) is 5.73 Å². The van der Waals surface area contributed by atoms with Gasteiger partial charge in [0.1, 0.15) is 0 Å². The first-order valence-electron chi connectivity index (χ1n) is 3.69. The number of halogens is 1. The largest absolute Gasteiger partial charge is 0.379 e. The van der Waals surface area contributed by atoms with Crippen LogP contribution in [0.3, 0.4) is 0 Å². The maximum Gasteiger partial charge on any atom is 0.379 e. The zero-order chi connectivity index (χ0) is 10.1. The van der Waals surface area contributed by atoms with Crippen molar-refractivity contribution in [2.24, 2.45) is 0 Å². The highest BCUT2D eigenvalue weighted by atomic mass is 32.1. The maximum absolute atomic E-state index is 11.6. The summed E-state index contributed by atoms with van der Waals surface area (Å²) in [5, 5.41) is 0.408. The predicted molar refractivity (Wildman–Crippen MR) is 50.6 cm³/mol. The van der Waals surface area contributed by atoms with Gasteiger partial charge < -0.3 is 5.73 Å². The molecule has 2 rings (SSSR count). The Hall–Kier alpha value is -1.69. The Labute approximate surface area is 82.0 Å². The van der Waals surface area contributed by atoms with Crippen molar-refractivity contribution in [3.8, 4) is 0 Å². The van der Waals surface area contributed by atoms with E-state index in [0.717, 1.165) is 4.70 Å². The second-order valence-corrected chi connectivity index (χ2v) is 3.66. The normalized spacial score (nSPS) is 10.4. The minimum absolute atomic E-state index is 0.142. The number of carbonyl (C=O) groups excluding carboxylic acids is 1. The van der Waals surface area contributed by atoms with Crippen LogP contribution in [0.4, 0.5) is 9.66 Å². The fourth-order valence-electron chi connectivity index (χ4n) is 1.11. The lowest BCUT2D eigenvalue weighted by molar-refractivity contribution is -0.0787. The van der Waals surface area contributed by atoms with E-state index in [9.17, 15) is 9.32 Å². The van der Waals surface area contributed by atoms with Gasteiger partial charge in [0, 0.05) is 4.53 Å². The number of rotatable bonds is 1. The van der Waals surface area contributed by atoms with Gasteiger partial charge in [-0.2, -0.15) is 0 Å². The van der Waals surface area contributed by atoms with Crippen molar-refractivity contribution in [2.45, 2.75) is 0 Å². The minimum atomic E-state index is -1.01. The van der Waals surface area contributed by atoms with Gasteiger partial charge in [-0.25, -0.2) is 14.7 Å². The number of aromatic nitrogens is 1. The Kier molecular flexibility index (Phi) is 2.05. The van der Waals surface area contributed by atoms with Crippen LogP contribution in [-0.2, 0) is 4.94 Å². The average Bonchev–Trinajstić information content (AvgIpc) is 2.55. The third kappa shape index (κ3) is 1.39. The molecule has 0 atom stereocenters. The molecule has 0 radical (unpaired) electrons. The molecule has 0 saturated carbocycles. The molecule has 0 amide bonds. The van der Waals surface area contributed by atoms with Crippen molar-refractivity contribution < 1.29 is 14.3 Å². The van der Waals surface area contributed by atoms with Gasteiger partial charge in [-0.15, -0.1) is 0 Å².